The van der Waals surface area contributed by atoms with Gasteiger partial charge < -0.3 is 19.7 Å². The lowest BCUT2D eigenvalue weighted by Crippen LogP contribution is -2.43. The number of hydrogen-bond donors (Lipinski definition) is 1. The molecule has 1 heterocycles. The highest BCUT2D eigenvalue weighted by Crippen LogP contribution is 2.37. The van der Waals surface area contributed by atoms with E-state index in [-0.39, 0.29) is 18.4 Å². The Kier molecular flexibility index (Phi) is 10.8. The van der Waals surface area contributed by atoms with Crippen molar-refractivity contribution in [2.75, 3.05) is 29.9 Å². The minimum atomic E-state index is -4.44. The molecule has 4 aromatic carbocycles. The van der Waals surface area contributed by atoms with Gasteiger partial charge in [0.05, 0.1) is 18.1 Å². The molecule has 0 spiro atoms. The molecule has 5 rings (SSSR count). The van der Waals surface area contributed by atoms with Gasteiger partial charge in [0.15, 0.2) is 0 Å². The van der Waals surface area contributed by atoms with Gasteiger partial charge in [0.25, 0.3) is 5.91 Å². The molecule has 0 bridgehead atoms. The fraction of sp³-hybridized carbons (Fsp3) is 0.308. The normalized spacial score (nSPS) is 14.5. The maximum absolute atomic E-state index is 13.6. The van der Waals surface area contributed by atoms with Crippen molar-refractivity contribution in [1.29, 1.82) is 0 Å². The predicted molar refractivity (Wildman–Crippen MR) is 182 cm³/mol. The summed E-state index contributed by atoms with van der Waals surface area (Å²) in [6.45, 7) is 6.35. The molecule has 1 fully saturated rings. The SMILES string of the molecule is CCOC(=O)C(C)(C)OC(=O)C(c1ccccc1)C1CCN(c2ccc(NC(=O)c3ccccc3-c3ccc(C(F)(F)F)cc3)cc2)CC1. The predicted octanol–water partition coefficient (Wildman–Crippen LogP) is 8.51. The third-order valence-corrected chi connectivity index (χ3v) is 8.73. The number of hydrogen-bond acceptors (Lipinski definition) is 6. The number of carbonyl (C=O) groups is 3. The van der Waals surface area contributed by atoms with Crippen LogP contribution in [0.5, 0.6) is 0 Å². The molecule has 1 N–H and O–H groups in total. The van der Waals surface area contributed by atoms with Crippen molar-refractivity contribution in [3.63, 3.8) is 0 Å². The van der Waals surface area contributed by atoms with Gasteiger partial charge in [-0.2, -0.15) is 13.2 Å². The summed E-state index contributed by atoms with van der Waals surface area (Å²) in [4.78, 5) is 41.5. The molecule has 0 radical (unpaired) electrons. The fourth-order valence-corrected chi connectivity index (χ4v) is 6.14. The highest BCUT2D eigenvalue weighted by atomic mass is 19.4. The number of halogens is 3. The van der Waals surface area contributed by atoms with E-state index in [0.717, 1.165) is 23.4 Å². The molecule has 49 heavy (non-hydrogen) atoms. The summed E-state index contributed by atoms with van der Waals surface area (Å²) in [7, 11) is 0. The molecule has 1 unspecified atom stereocenters. The minimum Gasteiger partial charge on any atom is -0.463 e. The van der Waals surface area contributed by atoms with Gasteiger partial charge in [-0.15, -0.1) is 0 Å². The molecule has 1 amide bonds. The lowest BCUT2D eigenvalue weighted by molar-refractivity contribution is -0.180. The van der Waals surface area contributed by atoms with Crippen molar-refractivity contribution in [2.45, 2.75) is 51.3 Å². The highest BCUT2D eigenvalue weighted by Gasteiger charge is 2.40. The van der Waals surface area contributed by atoms with Crippen LogP contribution in [-0.4, -0.2) is 43.1 Å². The fourth-order valence-electron chi connectivity index (χ4n) is 6.14. The highest BCUT2D eigenvalue weighted by molar-refractivity contribution is 6.08. The summed E-state index contributed by atoms with van der Waals surface area (Å²) in [5.74, 6) is -1.97. The van der Waals surface area contributed by atoms with Gasteiger partial charge in [0.1, 0.15) is 0 Å². The van der Waals surface area contributed by atoms with E-state index < -0.39 is 35.2 Å². The standard InChI is InChI=1S/C39H39F3N2O5/c1-4-48-37(47)38(2,3)49-36(46)34(27-10-6-5-7-11-27)28-22-24-44(25-23-28)31-20-18-30(19-21-31)43-35(45)33-13-9-8-12-32(33)26-14-16-29(17-15-26)39(40,41)42/h5-21,28,34H,4,22-25H2,1-3H3,(H,43,45). The topological polar surface area (TPSA) is 84.9 Å². The molecule has 0 aliphatic carbocycles. The zero-order valence-electron chi connectivity index (χ0n) is 27.6. The number of nitrogens with zero attached hydrogens (tertiary/aromatic N) is 1. The van der Waals surface area contributed by atoms with Gasteiger partial charge in [0.2, 0.25) is 5.60 Å². The Morgan fingerprint density at radius 3 is 2.06 bits per heavy atom. The number of benzene rings is 4. The van der Waals surface area contributed by atoms with Crippen LogP contribution in [0.25, 0.3) is 11.1 Å². The Morgan fingerprint density at radius 2 is 1.45 bits per heavy atom. The number of anilines is 2. The zero-order chi connectivity index (χ0) is 35.2. The van der Waals surface area contributed by atoms with E-state index in [1.165, 1.54) is 26.0 Å². The van der Waals surface area contributed by atoms with Crippen LogP contribution in [-0.2, 0) is 25.2 Å². The average Bonchev–Trinajstić information content (AvgIpc) is 3.09. The van der Waals surface area contributed by atoms with Crippen molar-refractivity contribution in [1.82, 2.24) is 0 Å². The van der Waals surface area contributed by atoms with Crippen molar-refractivity contribution < 1.29 is 37.0 Å². The molecule has 0 aromatic heterocycles. The van der Waals surface area contributed by atoms with Gasteiger partial charge in [-0.1, -0.05) is 60.7 Å². The quantitative estimate of drug-likeness (QED) is 0.170. The number of ether oxygens (including phenoxy) is 2. The lowest BCUT2D eigenvalue weighted by Gasteiger charge is -2.37. The summed E-state index contributed by atoms with van der Waals surface area (Å²) in [6.07, 6.45) is -3.01. The molecular weight excluding hydrogens is 633 g/mol. The number of nitrogens with one attached hydrogen (secondary N) is 1. The van der Waals surface area contributed by atoms with Crippen LogP contribution >= 0.6 is 0 Å². The monoisotopic (exact) mass is 672 g/mol. The van der Waals surface area contributed by atoms with Crippen LogP contribution in [0.2, 0.25) is 0 Å². The van der Waals surface area contributed by atoms with Gasteiger partial charge >= 0.3 is 18.1 Å². The van der Waals surface area contributed by atoms with Crippen LogP contribution in [0.4, 0.5) is 24.5 Å². The lowest BCUT2D eigenvalue weighted by atomic mass is 9.79. The van der Waals surface area contributed by atoms with Crippen LogP contribution < -0.4 is 10.2 Å². The molecule has 10 heteroatoms. The van der Waals surface area contributed by atoms with Gasteiger partial charge in [-0.25, -0.2) is 4.79 Å². The Balaban J connectivity index is 1.23. The summed E-state index contributed by atoms with van der Waals surface area (Å²) in [5.41, 5.74) is 1.57. The van der Waals surface area contributed by atoms with Crippen LogP contribution in [0, 0.1) is 5.92 Å². The van der Waals surface area contributed by atoms with E-state index in [0.29, 0.717) is 48.3 Å². The Bertz CT molecular complexity index is 1750. The number of amides is 1. The number of piperidine rings is 1. The maximum atomic E-state index is 13.6. The van der Waals surface area contributed by atoms with E-state index in [4.69, 9.17) is 9.47 Å². The Morgan fingerprint density at radius 1 is 0.837 bits per heavy atom. The third-order valence-electron chi connectivity index (χ3n) is 8.73. The molecule has 7 nitrogen and oxygen atoms in total. The molecule has 256 valence electrons. The Labute approximate surface area is 284 Å². The first-order valence-electron chi connectivity index (χ1n) is 16.3. The first-order valence-corrected chi connectivity index (χ1v) is 16.3. The summed E-state index contributed by atoms with van der Waals surface area (Å²) < 4.78 is 50.0. The minimum absolute atomic E-state index is 0.00700. The van der Waals surface area contributed by atoms with Gasteiger partial charge in [0, 0.05) is 30.0 Å². The van der Waals surface area contributed by atoms with Crippen molar-refractivity contribution in [3.8, 4) is 11.1 Å². The van der Waals surface area contributed by atoms with E-state index >= 15 is 0 Å². The second-order valence-electron chi connectivity index (χ2n) is 12.5. The van der Waals surface area contributed by atoms with Gasteiger partial charge in [-0.3, -0.25) is 9.59 Å². The van der Waals surface area contributed by atoms with Crippen LogP contribution in [0.15, 0.2) is 103 Å². The molecule has 1 atom stereocenters. The molecule has 1 saturated heterocycles. The molecule has 0 saturated carbocycles. The first-order chi connectivity index (χ1) is 23.4. The Hall–Kier alpha value is -5.12. The van der Waals surface area contributed by atoms with Gasteiger partial charge in [-0.05, 0) is 98.7 Å². The molecule has 1 aliphatic heterocycles. The average molecular weight is 673 g/mol. The van der Waals surface area contributed by atoms with Crippen molar-refractivity contribution >= 4 is 29.2 Å². The number of alkyl halides is 3. The second kappa shape index (κ2) is 15.0. The first kappa shape index (κ1) is 35.2. The van der Waals surface area contributed by atoms with E-state index in [2.05, 4.69) is 10.2 Å². The smallest absolute Gasteiger partial charge is 0.416 e. The van der Waals surface area contributed by atoms with Crippen molar-refractivity contribution in [2.24, 2.45) is 5.92 Å². The second-order valence-corrected chi connectivity index (χ2v) is 12.5. The summed E-state index contributed by atoms with van der Waals surface area (Å²) in [5, 5.41) is 2.90. The molecule has 1 aliphatic rings. The van der Waals surface area contributed by atoms with Crippen LogP contribution in [0.1, 0.15) is 61.0 Å². The summed E-state index contributed by atoms with van der Waals surface area (Å²) in [6, 6.07) is 28.4. The zero-order valence-corrected chi connectivity index (χ0v) is 27.6. The molecular formula is C39H39F3N2O5. The maximum Gasteiger partial charge on any atom is 0.416 e. The van der Waals surface area contributed by atoms with Crippen molar-refractivity contribution in [3.05, 3.63) is 120 Å². The number of rotatable bonds is 10. The van der Waals surface area contributed by atoms with E-state index in [1.807, 2.05) is 54.6 Å². The molecule has 4 aromatic rings. The van der Waals surface area contributed by atoms with E-state index in [1.54, 1.807) is 31.2 Å². The number of carbonyl (C=O) groups excluding carboxylic acids is 3. The summed E-state index contributed by atoms with van der Waals surface area (Å²) >= 11 is 0. The third kappa shape index (κ3) is 8.49. The largest absolute Gasteiger partial charge is 0.463 e. The van der Waals surface area contributed by atoms with E-state index in [9.17, 15) is 27.6 Å². The van der Waals surface area contributed by atoms with Crippen LogP contribution in [0.3, 0.4) is 0 Å². The number of esters is 2.